The Kier molecular flexibility index (Phi) is 11.9. The largest absolute Gasteiger partial charge is 0.463 e. The van der Waals surface area contributed by atoms with Crippen molar-refractivity contribution in [2.75, 3.05) is 0 Å². The lowest BCUT2D eigenvalue weighted by Crippen LogP contribution is -2.24. The minimum Gasteiger partial charge on any atom is -0.463 e. The number of rotatable bonds is 11. The molecule has 2 aromatic carbocycles. The lowest BCUT2D eigenvalue weighted by Gasteiger charge is -2.30. The van der Waals surface area contributed by atoms with Crippen LogP contribution in [0.5, 0.6) is 0 Å². The number of esters is 1. The predicted octanol–water partition coefficient (Wildman–Crippen LogP) is 8.09. The molecule has 2 atom stereocenters. The highest BCUT2D eigenvalue weighted by Crippen LogP contribution is 2.35. The number of hydrogen-bond acceptors (Lipinski definition) is 4. The molecule has 0 heterocycles. The van der Waals surface area contributed by atoms with Crippen LogP contribution in [0.4, 0.5) is 0 Å². The molecule has 0 fully saturated rings. The zero-order chi connectivity index (χ0) is 27.4. The van der Waals surface area contributed by atoms with Crippen molar-refractivity contribution < 1.29 is 19.1 Å². The van der Waals surface area contributed by atoms with Gasteiger partial charge in [-0.3, -0.25) is 9.59 Å². The molecular weight excluding hydrogens is 472 g/mol. The van der Waals surface area contributed by atoms with E-state index < -0.39 is 0 Å². The molecule has 0 bridgehead atoms. The maximum Gasteiger partial charge on any atom is 0.306 e. The van der Waals surface area contributed by atoms with Crippen LogP contribution in [0, 0.1) is 11.3 Å². The minimum atomic E-state index is -0.0552. The summed E-state index contributed by atoms with van der Waals surface area (Å²) in [6.45, 7) is 10.2. The monoisotopic (exact) mass is 520 g/mol. The van der Waals surface area contributed by atoms with E-state index in [0.717, 1.165) is 24.0 Å². The Hall–Kier alpha value is -2.62. The summed E-state index contributed by atoms with van der Waals surface area (Å²) in [6.07, 6.45) is 13.7. The SMILES string of the molecule is CCC(C)CC(C)(CC)CC(=O)OCc1ccc2c(c1)CCCC2.O=COCc1ccc2c(c1)CCCC2. The first-order chi connectivity index (χ1) is 18.4. The van der Waals surface area contributed by atoms with Crippen LogP contribution < -0.4 is 0 Å². The van der Waals surface area contributed by atoms with Gasteiger partial charge in [0.1, 0.15) is 13.2 Å². The first kappa shape index (κ1) is 29.9. The second-order valence-corrected chi connectivity index (χ2v) is 11.7. The van der Waals surface area contributed by atoms with E-state index in [1.165, 1.54) is 80.0 Å². The highest BCUT2D eigenvalue weighted by molar-refractivity contribution is 5.70. The van der Waals surface area contributed by atoms with Crippen molar-refractivity contribution in [1.29, 1.82) is 0 Å². The molecule has 4 nitrogen and oxygen atoms in total. The average Bonchev–Trinajstić information content (AvgIpc) is 2.95. The lowest BCUT2D eigenvalue weighted by atomic mass is 9.76. The van der Waals surface area contributed by atoms with Crippen molar-refractivity contribution in [1.82, 2.24) is 0 Å². The van der Waals surface area contributed by atoms with Crippen molar-refractivity contribution >= 4 is 12.4 Å². The number of benzene rings is 2. The highest BCUT2D eigenvalue weighted by atomic mass is 16.5. The van der Waals surface area contributed by atoms with E-state index in [4.69, 9.17) is 9.47 Å². The Bertz CT molecular complexity index is 1040. The summed E-state index contributed by atoms with van der Waals surface area (Å²) in [6, 6.07) is 13.0. The minimum absolute atomic E-state index is 0.0552. The summed E-state index contributed by atoms with van der Waals surface area (Å²) in [5, 5.41) is 0. The summed E-state index contributed by atoms with van der Waals surface area (Å²) in [5.41, 5.74) is 8.10. The van der Waals surface area contributed by atoms with E-state index >= 15 is 0 Å². The van der Waals surface area contributed by atoms with E-state index in [0.29, 0.717) is 32.0 Å². The molecule has 0 N–H and O–H groups in total. The van der Waals surface area contributed by atoms with Crippen LogP contribution in [-0.4, -0.2) is 12.4 Å². The first-order valence-electron chi connectivity index (χ1n) is 14.8. The molecule has 38 heavy (non-hydrogen) atoms. The van der Waals surface area contributed by atoms with Crippen LogP contribution in [0.15, 0.2) is 36.4 Å². The van der Waals surface area contributed by atoms with Gasteiger partial charge in [-0.1, -0.05) is 76.9 Å². The van der Waals surface area contributed by atoms with Gasteiger partial charge < -0.3 is 9.47 Å². The van der Waals surface area contributed by atoms with E-state index in [1.54, 1.807) is 0 Å². The van der Waals surface area contributed by atoms with Crippen molar-refractivity contribution in [2.24, 2.45) is 11.3 Å². The second-order valence-electron chi connectivity index (χ2n) is 11.7. The Labute approximate surface area is 230 Å². The van der Waals surface area contributed by atoms with Crippen LogP contribution in [-0.2, 0) is 58.0 Å². The van der Waals surface area contributed by atoms with Gasteiger partial charge >= 0.3 is 5.97 Å². The first-order valence-corrected chi connectivity index (χ1v) is 14.8. The predicted molar refractivity (Wildman–Crippen MR) is 154 cm³/mol. The highest BCUT2D eigenvalue weighted by Gasteiger charge is 2.28. The van der Waals surface area contributed by atoms with E-state index in [2.05, 4.69) is 58.0 Å². The van der Waals surface area contributed by atoms with E-state index in [1.807, 2.05) is 6.07 Å². The number of carbonyl (C=O) groups is 2. The summed E-state index contributed by atoms with van der Waals surface area (Å²) in [7, 11) is 0. The quantitative estimate of drug-likeness (QED) is 0.222. The standard InChI is InChI=1S/C22H34O2.C12H14O2/c1-5-17(3)14-22(4,6-2)15-21(23)24-16-18-11-12-19-9-7-8-10-20(19)13-18;13-9-14-8-10-5-6-11-3-1-2-4-12(11)7-10/h11-13,17H,5-10,14-16H2,1-4H3;5-7,9H,1-4,8H2. The van der Waals surface area contributed by atoms with Gasteiger partial charge in [0.15, 0.2) is 0 Å². The molecule has 0 aliphatic heterocycles. The van der Waals surface area contributed by atoms with Crippen molar-refractivity contribution in [3.05, 3.63) is 69.8 Å². The van der Waals surface area contributed by atoms with Crippen LogP contribution in [0.25, 0.3) is 0 Å². The number of fused-ring (bicyclic) bond motifs is 2. The van der Waals surface area contributed by atoms with Crippen LogP contribution in [0.2, 0.25) is 0 Å². The second kappa shape index (κ2) is 15.1. The summed E-state index contributed by atoms with van der Waals surface area (Å²) in [5.74, 6) is 0.601. The van der Waals surface area contributed by atoms with Crippen molar-refractivity contribution in [3.63, 3.8) is 0 Å². The van der Waals surface area contributed by atoms with Crippen LogP contribution in [0.1, 0.15) is 112 Å². The average molecular weight is 521 g/mol. The molecular formula is C34H48O4. The summed E-state index contributed by atoms with van der Waals surface area (Å²) < 4.78 is 10.3. The maximum atomic E-state index is 12.3. The number of aryl methyl sites for hydroxylation is 4. The van der Waals surface area contributed by atoms with E-state index in [-0.39, 0.29) is 11.4 Å². The molecule has 0 aromatic heterocycles. The fourth-order valence-corrected chi connectivity index (χ4v) is 5.77. The van der Waals surface area contributed by atoms with Gasteiger partial charge in [-0.15, -0.1) is 0 Å². The zero-order valence-corrected chi connectivity index (χ0v) is 24.2. The zero-order valence-electron chi connectivity index (χ0n) is 24.2. The molecule has 0 radical (unpaired) electrons. The van der Waals surface area contributed by atoms with Crippen LogP contribution in [0.3, 0.4) is 0 Å². The lowest BCUT2D eigenvalue weighted by molar-refractivity contribution is -0.148. The molecule has 4 heteroatoms. The van der Waals surface area contributed by atoms with Gasteiger partial charge in [0.25, 0.3) is 6.47 Å². The molecule has 0 saturated heterocycles. The molecule has 2 aliphatic rings. The van der Waals surface area contributed by atoms with Gasteiger partial charge in [0.2, 0.25) is 0 Å². The molecule has 0 saturated carbocycles. The summed E-state index contributed by atoms with van der Waals surface area (Å²) in [4.78, 5) is 22.4. The fraction of sp³-hybridized carbons (Fsp3) is 0.588. The molecule has 208 valence electrons. The number of carbonyl (C=O) groups excluding carboxylic acids is 2. The smallest absolute Gasteiger partial charge is 0.306 e. The molecule has 0 spiro atoms. The Morgan fingerprint density at radius 2 is 1.39 bits per heavy atom. The number of ether oxygens (including phenoxy) is 2. The third-order valence-electron chi connectivity index (χ3n) is 8.51. The van der Waals surface area contributed by atoms with Crippen molar-refractivity contribution in [3.8, 4) is 0 Å². The normalized spacial score (nSPS) is 16.5. The number of hydrogen-bond donors (Lipinski definition) is 0. The van der Waals surface area contributed by atoms with Crippen LogP contribution >= 0.6 is 0 Å². The van der Waals surface area contributed by atoms with Gasteiger partial charge in [-0.25, -0.2) is 0 Å². The molecule has 0 amide bonds. The molecule has 4 rings (SSSR count). The maximum absolute atomic E-state index is 12.3. The topological polar surface area (TPSA) is 52.6 Å². The van der Waals surface area contributed by atoms with Gasteiger partial charge in [0, 0.05) is 0 Å². The Balaban J connectivity index is 0.000000241. The Morgan fingerprint density at radius 1 is 0.868 bits per heavy atom. The third-order valence-corrected chi connectivity index (χ3v) is 8.51. The molecule has 2 aromatic rings. The van der Waals surface area contributed by atoms with Gasteiger partial charge in [0.05, 0.1) is 6.42 Å². The van der Waals surface area contributed by atoms with Gasteiger partial charge in [-0.05, 0) is 103 Å². The van der Waals surface area contributed by atoms with Gasteiger partial charge in [-0.2, -0.15) is 0 Å². The third kappa shape index (κ3) is 9.29. The fourth-order valence-electron chi connectivity index (χ4n) is 5.77. The summed E-state index contributed by atoms with van der Waals surface area (Å²) >= 11 is 0. The van der Waals surface area contributed by atoms with Crippen molar-refractivity contribution in [2.45, 2.75) is 118 Å². The Morgan fingerprint density at radius 3 is 1.89 bits per heavy atom. The molecule has 2 aliphatic carbocycles. The van der Waals surface area contributed by atoms with E-state index in [9.17, 15) is 9.59 Å². The molecule has 2 unspecified atom stereocenters.